The van der Waals surface area contributed by atoms with Gasteiger partial charge in [-0.1, -0.05) is 6.07 Å². The van der Waals surface area contributed by atoms with Crippen LogP contribution in [0.5, 0.6) is 0 Å². The van der Waals surface area contributed by atoms with Gasteiger partial charge in [-0.15, -0.1) is 0 Å². The fourth-order valence-corrected chi connectivity index (χ4v) is 3.02. The molecule has 1 unspecified atom stereocenters. The van der Waals surface area contributed by atoms with Crippen LogP contribution in [-0.4, -0.2) is 23.0 Å². The van der Waals surface area contributed by atoms with E-state index in [1.807, 2.05) is 17.8 Å². The molecule has 1 aromatic rings. The lowest BCUT2D eigenvalue weighted by Crippen LogP contribution is -2.13. The van der Waals surface area contributed by atoms with Gasteiger partial charge in [-0.05, 0) is 29.9 Å². The van der Waals surface area contributed by atoms with E-state index in [4.69, 9.17) is 0 Å². The molecule has 0 aromatic heterocycles. The van der Waals surface area contributed by atoms with Gasteiger partial charge in [-0.2, -0.15) is 11.8 Å². The predicted molar refractivity (Wildman–Crippen MR) is 67.0 cm³/mol. The van der Waals surface area contributed by atoms with Gasteiger partial charge in [-0.25, -0.2) is 0 Å². The summed E-state index contributed by atoms with van der Waals surface area (Å²) in [5, 5.41) is 13.9. The number of nitrogens with one attached hydrogen (secondary N) is 1. The summed E-state index contributed by atoms with van der Waals surface area (Å²) >= 11 is 1.98. The van der Waals surface area contributed by atoms with Gasteiger partial charge in [-0.3, -0.25) is 10.1 Å². The maximum atomic E-state index is 10.6. The summed E-state index contributed by atoms with van der Waals surface area (Å²) in [5.41, 5.74) is 0.983. The summed E-state index contributed by atoms with van der Waals surface area (Å²) in [6.07, 6.45) is 1.24. The molecule has 1 aliphatic heterocycles. The topological polar surface area (TPSA) is 55.2 Å². The molecule has 1 heterocycles. The Kier molecular flexibility index (Phi) is 3.66. The zero-order valence-corrected chi connectivity index (χ0v) is 9.70. The Bertz CT molecular complexity index is 378. The molecule has 0 spiro atoms. The Morgan fingerprint density at radius 1 is 1.56 bits per heavy atom. The van der Waals surface area contributed by atoms with Gasteiger partial charge in [0, 0.05) is 24.4 Å². The van der Waals surface area contributed by atoms with Crippen LogP contribution in [0.25, 0.3) is 0 Å². The number of thioether (sulfide) groups is 1. The minimum absolute atomic E-state index is 0.144. The van der Waals surface area contributed by atoms with Gasteiger partial charge < -0.3 is 5.32 Å². The van der Waals surface area contributed by atoms with E-state index in [1.54, 1.807) is 12.1 Å². The molecule has 1 saturated heterocycles. The summed E-state index contributed by atoms with van der Waals surface area (Å²) in [5.74, 6) is 3.13. The van der Waals surface area contributed by atoms with Gasteiger partial charge >= 0.3 is 0 Å². The molecule has 0 radical (unpaired) electrons. The minimum atomic E-state index is -0.364. The molecular formula is C11H14N2O2S. The van der Waals surface area contributed by atoms with Crippen molar-refractivity contribution in [2.45, 2.75) is 6.42 Å². The summed E-state index contributed by atoms with van der Waals surface area (Å²) in [6.45, 7) is 0.911. The molecule has 1 aliphatic rings. The van der Waals surface area contributed by atoms with E-state index in [2.05, 4.69) is 5.32 Å². The number of hydrogen-bond donors (Lipinski definition) is 1. The number of nitro benzene ring substituents is 1. The van der Waals surface area contributed by atoms with E-state index in [9.17, 15) is 10.1 Å². The van der Waals surface area contributed by atoms with Crippen molar-refractivity contribution in [3.05, 3.63) is 34.4 Å². The third kappa shape index (κ3) is 2.88. The second-order valence-corrected chi connectivity index (χ2v) is 5.07. The van der Waals surface area contributed by atoms with Crippen molar-refractivity contribution in [3.8, 4) is 0 Å². The molecule has 1 fully saturated rings. The number of nitro groups is 1. The second kappa shape index (κ2) is 5.21. The van der Waals surface area contributed by atoms with Crippen LogP contribution in [0.2, 0.25) is 0 Å². The highest BCUT2D eigenvalue weighted by atomic mass is 32.2. The van der Waals surface area contributed by atoms with E-state index in [0.717, 1.165) is 12.2 Å². The molecule has 1 aromatic carbocycles. The van der Waals surface area contributed by atoms with Crippen molar-refractivity contribution < 1.29 is 4.92 Å². The van der Waals surface area contributed by atoms with Gasteiger partial charge in [0.15, 0.2) is 0 Å². The van der Waals surface area contributed by atoms with Gasteiger partial charge in [0.1, 0.15) is 0 Å². The fraction of sp³-hybridized carbons (Fsp3) is 0.455. The average molecular weight is 238 g/mol. The maximum absolute atomic E-state index is 10.6. The van der Waals surface area contributed by atoms with Crippen LogP contribution >= 0.6 is 11.8 Å². The Hall–Kier alpha value is -1.23. The van der Waals surface area contributed by atoms with Crippen molar-refractivity contribution >= 4 is 23.1 Å². The van der Waals surface area contributed by atoms with E-state index in [1.165, 1.54) is 24.0 Å². The first-order chi connectivity index (χ1) is 7.75. The van der Waals surface area contributed by atoms with Gasteiger partial charge in [0.25, 0.3) is 5.69 Å². The maximum Gasteiger partial charge on any atom is 0.271 e. The highest BCUT2D eigenvalue weighted by Crippen LogP contribution is 2.24. The van der Waals surface area contributed by atoms with Crippen molar-refractivity contribution in [1.29, 1.82) is 0 Å². The highest BCUT2D eigenvalue weighted by Gasteiger charge is 2.15. The predicted octanol–water partition coefficient (Wildman–Crippen LogP) is 2.76. The number of hydrogen-bond acceptors (Lipinski definition) is 4. The van der Waals surface area contributed by atoms with Gasteiger partial charge in [0.05, 0.1) is 4.92 Å². The Morgan fingerprint density at radius 3 is 3.12 bits per heavy atom. The quantitative estimate of drug-likeness (QED) is 0.647. The third-order valence-electron chi connectivity index (χ3n) is 2.68. The number of nitrogens with zero attached hydrogens (tertiary/aromatic N) is 1. The lowest BCUT2D eigenvalue weighted by Gasteiger charge is -2.10. The molecule has 0 amide bonds. The van der Waals surface area contributed by atoms with Gasteiger partial charge in [0.2, 0.25) is 0 Å². The van der Waals surface area contributed by atoms with E-state index in [-0.39, 0.29) is 10.6 Å². The van der Waals surface area contributed by atoms with Crippen molar-refractivity contribution in [2.24, 2.45) is 5.92 Å². The van der Waals surface area contributed by atoms with Crippen LogP contribution < -0.4 is 5.32 Å². The normalized spacial score (nSPS) is 19.6. The second-order valence-electron chi connectivity index (χ2n) is 3.92. The molecule has 86 valence electrons. The largest absolute Gasteiger partial charge is 0.385 e. The molecule has 2 rings (SSSR count). The van der Waals surface area contributed by atoms with Crippen LogP contribution in [-0.2, 0) is 0 Å². The Morgan fingerprint density at radius 2 is 2.44 bits per heavy atom. The summed E-state index contributed by atoms with van der Waals surface area (Å²) < 4.78 is 0. The molecule has 1 atom stereocenters. The number of anilines is 1. The van der Waals surface area contributed by atoms with E-state index in [0.29, 0.717) is 5.92 Å². The average Bonchev–Trinajstić information content (AvgIpc) is 2.79. The zero-order valence-electron chi connectivity index (χ0n) is 8.89. The molecule has 0 aliphatic carbocycles. The van der Waals surface area contributed by atoms with Crippen LogP contribution in [0.4, 0.5) is 11.4 Å². The summed E-state index contributed by atoms with van der Waals surface area (Å²) in [7, 11) is 0. The van der Waals surface area contributed by atoms with Crippen molar-refractivity contribution in [1.82, 2.24) is 0 Å². The van der Waals surface area contributed by atoms with Crippen molar-refractivity contribution in [2.75, 3.05) is 23.4 Å². The van der Waals surface area contributed by atoms with Crippen molar-refractivity contribution in [3.63, 3.8) is 0 Å². The molecule has 5 heteroatoms. The zero-order chi connectivity index (χ0) is 11.4. The smallest absolute Gasteiger partial charge is 0.271 e. The monoisotopic (exact) mass is 238 g/mol. The molecule has 16 heavy (non-hydrogen) atoms. The number of non-ortho nitro benzene ring substituents is 1. The van der Waals surface area contributed by atoms with Crippen LogP contribution in [0.1, 0.15) is 6.42 Å². The molecule has 1 N–H and O–H groups in total. The SMILES string of the molecule is O=[N+]([O-])c1cccc(NCC2CCSC2)c1. The first-order valence-corrected chi connectivity index (χ1v) is 6.47. The Balaban J connectivity index is 1.93. The van der Waals surface area contributed by atoms with E-state index < -0.39 is 0 Å². The number of benzene rings is 1. The lowest BCUT2D eigenvalue weighted by molar-refractivity contribution is -0.384. The lowest BCUT2D eigenvalue weighted by atomic mass is 10.1. The summed E-state index contributed by atoms with van der Waals surface area (Å²) in [6, 6.07) is 6.68. The van der Waals surface area contributed by atoms with Crippen LogP contribution in [0, 0.1) is 16.0 Å². The van der Waals surface area contributed by atoms with Crippen LogP contribution in [0.15, 0.2) is 24.3 Å². The molecule has 0 bridgehead atoms. The standard InChI is InChI=1S/C11H14N2O2S/c14-13(15)11-3-1-2-10(6-11)12-7-9-4-5-16-8-9/h1-3,6,9,12H,4-5,7-8H2. The summed E-state index contributed by atoms with van der Waals surface area (Å²) in [4.78, 5) is 10.2. The van der Waals surface area contributed by atoms with Crippen LogP contribution in [0.3, 0.4) is 0 Å². The first kappa shape index (κ1) is 11.3. The molecule has 4 nitrogen and oxygen atoms in total. The number of rotatable bonds is 4. The third-order valence-corrected chi connectivity index (χ3v) is 3.91. The molecule has 0 saturated carbocycles. The first-order valence-electron chi connectivity index (χ1n) is 5.32. The fourth-order valence-electron chi connectivity index (χ4n) is 1.74. The van der Waals surface area contributed by atoms with E-state index >= 15 is 0 Å². The molecular weight excluding hydrogens is 224 g/mol. The Labute approximate surface area is 98.6 Å². The highest BCUT2D eigenvalue weighted by molar-refractivity contribution is 7.99. The minimum Gasteiger partial charge on any atom is -0.385 e.